The highest BCUT2D eigenvalue weighted by atomic mass is 79.9. The van der Waals surface area contributed by atoms with Crippen LogP contribution in [0.4, 0.5) is 0 Å². The van der Waals surface area contributed by atoms with Crippen LogP contribution < -0.4 is 10.6 Å². The minimum Gasteiger partial charge on any atom is -0.354 e. The molecular formula is C14H20BrClN2O3S. The summed E-state index contributed by atoms with van der Waals surface area (Å²) in [5.41, 5.74) is 0.684. The molecule has 8 heteroatoms. The third-order valence-corrected chi connectivity index (χ3v) is 5.36. The van der Waals surface area contributed by atoms with Crippen molar-refractivity contribution in [1.82, 2.24) is 10.6 Å². The number of halogens is 2. The maximum absolute atomic E-state index is 12.0. The lowest BCUT2D eigenvalue weighted by Gasteiger charge is -2.11. The summed E-state index contributed by atoms with van der Waals surface area (Å²) in [6.07, 6.45) is 2.12. The molecule has 1 aromatic rings. The van der Waals surface area contributed by atoms with Crippen molar-refractivity contribution in [3.8, 4) is 0 Å². The van der Waals surface area contributed by atoms with Crippen molar-refractivity contribution in [1.29, 1.82) is 0 Å². The Hall–Kier alpha value is -0.630. The number of rotatable bonds is 6. The Bertz CT molecular complexity index is 587. The lowest BCUT2D eigenvalue weighted by atomic mass is 10.2. The van der Waals surface area contributed by atoms with E-state index in [1.165, 1.54) is 0 Å². The van der Waals surface area contributed by atoms with Gasteiger partial charge < -0.3 is 10.6 Å². The van der Waals surface area contributed by atoms with Gasteiger partial charge in [0, 0.05) is 17.1 Å². The van der Waals surface area contributed by atoms with Crippen molar-refractivity contribution in [2.24, 2.45) is 0 Å². The molecule has 0 spiro atoms. The van der Waals surface area contributed by atoms with Crippen LogP contribution in [0, 0.1) is 0 Å². The van der Waals surface area contributed by atoms with Crippen LogP contribution in [0.15, 0.2) is 28.7 Å². The first-order chi connectivity index (χ1) is 9.94. The fourth-order valence-corrected chi connectivity index (χ4v) is 3.87. The van der Waals surface area contributed by atoms with Gasteiger partial charge in [0.1, 0.15) is 5.75 Å². The summed E-state index contributed by atoms with van der Waals surface area (Å²) in [4.78, 5) is 11.7. The molecule has 1 amide bonds. The van der Waals surface area contributed by atoms with Gasteiger partial charge in [-0.1, -0.05) is 28.1 Å². The van der Waals surface area contributed by atoms with Crippen molar-refractivity contribution >= 4 is 44.1 Å². The lowest BCUT2D eigenvalue weighted by molar-refractivity contribution is -0.118. The Morgan fingerprint density at radius 3 is 2.59 bits per heavy atom. The van der Waals surface area contributed by atoms with E-state index in [1.54, 1.807) is 24.3 Å². The molecule has 1 aliphatic rings. The van der Waals surface area contributed by atoms with Crippen LogP contribution in [-0.2, 0) is 20.4 Å². The van der Waals surface area contributed by atoms with Crippen molar-refractivity contribution in [3.05, 3.63) is 34.3 Å². The van der Waals surface area contributed by atoms with Crippen LogP contribution >= 0.6 is 28.3 Å². The van der Waals surface area contributed by atoms with Crippen molar-refractivity contribution < 1.29 is 13.2 Å². The highest BCUT2D eigenvalue weighted by Crippen LogP contribution is 2.13. The molecule has 2 rings (SSSR count). The Balaban J connectivity index is 0.00000242. The predicted molar refractivity (Wildman–Crippen MR) is 92.9 cm³/mol. The molecule has 1 saturated heterocycles. The van der Waals surface area contributed by atoms with E-state index in [4.69, 9.17) is 0 Å². The highest BCUT2D eigenvalue weighted by molar-refractivity contribution is 9.10. The van der Waals surface area contributed by atoms with Gasteiger partial charge in [-0.3, -0.25) is 4.79 Å². The summed E-state index contributed by atoms with van der Waals surface area (Å²) in [5, 5.41) is 5.94. The first-order valence-electron chi connectivity index (χ1n) is 6.89. The zero-order chi connectivity index (χ0) is 15.3. The molecule has 0 saturated carbocycles. The molecule has 22 heavy (non-hydrogen) atoms. The average molecular weight is 412 g/mol. The number of carbonyl (C=O) groups is 1. The molecule has 0 bridgehead atoms. The molecule has 124 valence electrons. The minimum absolute atomic E-state index is 0. The normalized spacial score (nSPS) is 17.8. The first-order valence-corrected chi connectivity index (χ1v) is 9.51. The minimum atomic E-state index is -3.44. The van der Waals surface area contributed by atoms with Gasteiger partial charge in [-0.25, -0.2) is 8.42 Å². The third-order valence-electron chi connectivity index (χ3n) is 3.36. The molecule has 0 radical (unpaired) electrons. The van der Waals surface area contributed by atoms with Crippen LogP contribution in [0.2, 0.25) is 0 Å². The standard InChI is InChI=1S/C14H19BrN2O3S.ClH/c15-12-5-3-11(4-6-12)9-21(19,20)10-14(18)17-8-13-2-1-7-16-13;/h3-6,13,16H,1-2,7-10H2,(H,17,18);1H. The lowest BCUT2D eigenvalue weighted by Crippen LogP contribution is -2.39. The van der Waals surface area contributed by atoms with Crippen LogP contribution in [0.25, 0.3) is 0 Å². The van der Waals surface area contributed by atoms with Crippen molar-refractivity contribution in [2.75, 3.05) is 18.8 Å². The number of carbonyl (C=O) groups excluding carboxylic acids is 1. The van der Waals surface area contributed by atoms with E-state index in [1.807, 2.05) is 0 Å². The number of sulfone groups is 1. The summed E-state index contributed by atoms with van der Waals surface area (Å²) in [7, 11) is -3.44. The van der Waals surface area contributed by atoms with E-state index in [0.29, 0.717) is 12.1 Å². The van der Waals surface area contributed by atoms with E-state index in [2.05, 4.69) is 26.6 Å². The van der Waals surface area contributed by atoms with Gasteiger partial charge in [-0.2, -0.15) is 0 Å². The second-order valence-corrected chi connectivity index (χ2v) is 8.24. The quantitative estimate of drug-likeness (QED) is 0.746. The highest BCUT2D eigenvalue weighted by Gasteiger charge is 2.19. The largest absolute Gasteiger partial charge is 0.354 e. The first kappa shape index (κ1) is 19.4. The second-order valence-electron chi connectivity index (χ2n) is 5.26. The van der Waals surface area contributed by atoms with Gasteiger partial charge in [0.2, 0.25) is 5.91 Å². The van der Waals surface area contributed by atoms with E-state index in [0.717, 1.165) is 23.9 Å². The van der Waals surface area contributed by atoms with Crippen LogP contribution in [-0.4, -0.2) is 39.2 Å². The van der Waals surface area contributed by atoms with Gasteiger partial charge in [0.15, 0.2) is 9.84 Å². The fourth-order valence-electron chi connectivity index (χ4n) is 2.30. The topological polar surface area (TPSA) is 75.3 Å². The third kappa shape index (κ3) is 6.64. The number of benzene rings is 1. The summed E-state index contributed by atoms with van der Waals surface area (Å²) < 4.78 is 24.9. The maximum atomic E-state index is 12.0. The Kier molecular flexibility index (Phi) is 7.82. The average Bonchev–Trinajstić information content (AvgIpc) is 2.91. The van der Waals surface area contributed by atoms with Gasteiger partial charge in [0.05, 0.1) is 5.75 Å². The molecule has 2 N–H and O–H groups in total. The number of hydrogen-bond acceptors (Lipinski definition) is 4. The number of hydrogen-bond donors (Lipinski definition) is 2. The predicted octanol–water partition coefficient (Wildman–Crippen LogP) is 1.65. The Labute approximate surface area is 145 Å². The molecule has 1 fully saturated rings. The smallest absolute Gasteiger partial charge is 0.235 e. The summed E-state index contributed by atoms with van der Waals surface area (Å²) >= 11 is 3.30. The Morgan fingerprint density at radius 1 is 1.32 bits per heavy atom. The number of nitrogens with one attached hydrogen (secondary N) is 2. The molecule has 1 aromatic carbocycles. The molecule has 5 nitrogen and oxygen atoms in total. The molecular weight excluding hydrogens is 392 g/mol. The SMILES string of the molecule is Cl.O=C(CS(=O)(=O)Cc1ccc(Br)cc1)NCC1CCCN1. The molecule has 0 aromatic heterocycles. The fraction of sp³-hybridized carbons (Fsp3) is 0.500. The summed E-state index contributed by atoms with van der Waals surface area (Å²) in [6, 6.07) is 7.32. The molecule has 1 aliphatic heterocycles. The van der Waals surface area contributed by atoms with E-state index >= 15 is 0 Å². The van der Waals surface area contributed by atoms with Gasteiger partial charge >= 0.3 is 0 Å². The van der Waals surface area contributed by atoms with Gasteiger partial charge in [-0.05, 0) is 37.1 Å². The zero-order valence-electron chi connectivity index (χ0n) is 12.0. The molecule has 0 aliphatic carbocycles. The van der Waals surface area contributed by atoms with E-state index in [9.17, 15) is 13.2 Å². The molecule has 1 unspecified atom stereocenters. The van der Waals surface area contributed by atoms with Crippen LogP contribution in [0.3, 0.4) is 0 Å². The van der Waals surface area contributed by atoms with E-state index < -0.39 is 21.5 Å². The van der Waals surface area contributed by atoms with E-state index in [-0.39, 0.29) is 24.2 Å². The molecule has 1 atom stereocenters. The molecule has 1 heterocycles. The van der Waals surface area contributed by atoms with Crippen LogP contribution in [0.1, 0.15) is 18.4 Å². The van der Waals surface area contributed by atoms with Gasteiger partial charge in [-0.15, -0.1) is 12.4 Å². The maximum Gasteiger partial charge on any atom is 0.235 e. The Morgan fingerprint density at radius 2 is 2.00 bits per heavy atom. The summed E-state index contributed by atoms with van der Waals surface area (Å²) in [5.74, 6) is -1.01. The van der Waals surface area contributed by atoms with Gasteiger partial charge in [0.25, 0.3) is 0 Å². The second kappa shape index (κ2) is 8.86. The summed E-state index contributed by atoms with van der Waals surface area (Å²) in [6.45, 7) is 1.45. The van der Waals surface area contributed by atoms with Crippen LogP contribution in [0.5, 0.6) is 0 Å². The van der Waals surface area contributed by atoms with Crippen molar-refractivity contribution in [2.45, 2.75) is 24.6 Å². The monoisotopic (exact) mass is 410 g/mol. The zero-order valence-corrected chi connectivity index (χ0v) is 15.3. The van der Waals surface area contributed by atoms with Crippen molar-refractivity contribution in [3.63, 3.8) is 0 Å². The number of amides is 1.